The highest BCUT2D eigenvalue weighted by Gasteiger charge is 2.25. The van der Waals surface area contributed by atoms with Gasteiger partial charge in [-0.15, -0.1) is 0 Å². The van der Waals surface area contributed by atoms with E-state index in [4.69, 9.17) is 4.74 Å². The number of likely N-dealkylation sites (tertiary alicyclic amines) is 2. The monoisotopic (exact) mass is 515 g/mol. The lowest BCUT2D eigenvalue weighted by atomic mass is 9.88. The minimum Gasteiger partial charge on any atom is -0.490 e. The molecule has 2 aliphatic heterocycles. The van der Waals surface area contributed by atoms with Crippen LogP contribution in [-0.4, -0.2) is 67.6 Å². The molecule has 2 aliphatic rings. The number of ether oxygens (including phenoxy) is 1. The average molecular weight is 516 g/mol. The molecule has 204 valence electrons. The van der Waals surface area contributed by atoms with E-state index in [0.29, 0.717) is 18.0 Å². The Morgan fingerprint density at radius 3 is 2.37 bits per heavy atom. The van der Waals surface area contributed by atoms with E-state index in [-0.39, 0.29) is 12.0 Å². The van der Waals surface area contributed by atoms with Crippen molar-refractivity contribution >= 4 is 5.91 Å². The predicted octanol–water partition coefficient (Wildman–Crippen LogP) is 6.05. The lowest BCUT2D eigenvalue weighted by Crippen LogP contribution is -2.40. The number of nitrogens with zero attached hydrogens (tertiary/aromatic N) is 2. The van der Waals surface area contributed by atoms with Crippen molar-refractivity contribution in [1.29, 1.82) is 0 Å². The summed E-state index contributed by atoms with van der Waals surface area (Å²) in [4.78, 5) is 17.5. The minimum atomic E-state index is -0.00793. The second-order valence-corrected chi connectivity index (χ2v) is 10.5. The maximum absolute atomic E-state index is 12.5. The molecular weight excluding hydrogens is 470 g/mol. The molecule has 0 radical (unpaired) electrons. The molecule has 2 heterocycles. The number of rotatable bonds is 12. The van der Waals surface area contributed by atoms with Gasteiger partial charge in [0.1, 0.15) is 11.9 Å². The first-order valence-corrected chi connectivity index (χ1v) is 14.5. The number of allylic oxidation sites excluding steroid dienone is 3. The van der Waals surface area contributed by atoms with E-state index in [9.17, 15) is 4.79 Å². The van der Waals surface area contributed by atoms with E-state index in [1.54, 1.807) is 0 Å². The number of hydrogen-bond donors (Lipinski definition) is 1. The largest absolute Gasteiger partial charge is 0.490 e. The van der Waals surface area contributed by atoms with Crippen molar-refractivity contribution in [3.63, 3.8) is 0 Å². The number of benzene rings is 2. The normalized spacial score (nSPS) is 18.6. The van der Waals surface area contributed by atoms with Crippen molar-refractivity contribution in [2.24, 2.45) is 0 Å². The summed E-state index contributed by atoms with van der Waals surface area (Å²) in [5.41, 5.74) is 3.47. The molecule has 5 nitrogen and oxygen atoms in total. The third kappa shape index (κ3) is 8.31. The smallest absolute Gasteiger partial charge is 0.251 e. The van der Waals surface area contributed by atoms with Crippen LogP contribution in [0.25, 0.3) is 0 Å². The summed E-state index contributed by atoms with van der Waals surface area (Å²) in [6.45, 7) is 11.3. The van der Waals surface area contributed by atoms with Gasteiger partial charge in [0.05, 0.1) is 0 Å². The second kappa shape index (κ2) is 14.9. The van der Waals surface area contributed by atoms with E-state index in [1.807, 2.05) is 24.3 Å². The maximum Gasteiger partial charge on any atom is 0.251 e. The molecule has 0 aromatic heterocycles. The molecule has 1 N–H and O–H groups in total. The van der Waals surface area contributed by atoms with Gasteiger partial charge in [0.25, 0.3) is 5.91 Å². The molecule has 0 saturated carbocycles. The maximum atomic E-state index is 12.5. The Morgan fingerprint density at radius 1 is 1.00 bits per heavy atom. The van der Waals surface area contributed by atoms with Gasteiger partial charge in [0.2, 0.25) is 0 Å². The van der Waals surface area contributed by atoms with E-state index in [0.717, 1.165) is 64.3 Å². The Balaban J connectivity index is 1.25. The van der Waals surface area contributed by atoms with Crippen molar-refractivity contribution in [1.82, 2.24) is 15.1 Å². The van der Waals surface area contributed by atoms with Crippen LogP contribution in [0.1, 0.15) is 67.8 Å². The summed E-state index contributed by atoms with van der Waals surface area (Å²) in [6.07, 6.45) is 12.6. The van der Waals surface area contributed by atoms with E-state index in [2.05, 4.69) is 77.5 Å². The van der Waals surface area contributed by atoms with Gasteiger partial charge in [-0.05, 0) is 87.5 Å². The second-order valence-electron chi connectivity index (χ2n) is 10.5. The van der Waals surface area contributed by atoms with Crippen LogP contribution in [0.15, 0.2) is 78.4 Å². The number of nitrogens with one attached hydrogen (secondary N) is 1. The van der Waals surface area contributed by atoms with Gasteiger partial charge in [-0.3, -0.25) is 4.79 Å². The van der Waals surface area contributed by atoms with Crippen LogP contribution in [0.4, 0.5) is 0 Å². The molecule has 2 fully saturated rings. The summed E-state index contributed by atoms with van der Waals surface area (Å²) in [5, 5.41) is 3.05. The Bertz CT molecular complexity index is 1030. The molecule has 0 bridgehead atoms. The number of carbonyl (C=O) groups is 1. The first-order chi connectivity index (χ1) is 18.7. The fourth-order valence-corrected chi connectivity index (χ4v) is 5.62. The van der Waals surface area contributed by atoms with E-state index >= 15 is 0 Å². The minimum absolute atomic E-state index is 0.00793. The van der Waals surface area contributed by atoms with E-state index in [1.165, 1.54) is 24.0 Å². The zero-order valence-corrected chi connectivity index (χ0v) is 23.3. The molecule has 1 unspecified atom stereocenters. The Labute approximate surface area is 229 Å². The van der Waals surface area contributed by atoms with Gasteiger partial charge >= 0.3 is 0 Å². The zero-order chi connectivity index (χ0) is 26.6. The summed E-state index contributed by atoms with van der Waals surface area (Å²) in [6, 6.07) is 18.5. The molecule has 4 rings (SSSR count). The molecule has 2 aromatic carbocycles. The molecule has 2 aromatic rings. The molecular formula is C33H45N3O2. The Kier molecular flexibility index (Phi) is 11.0. The first-order valence-electron chi connectivity index (χ1n) is 14.5. The van der Waals surface area contributed by atoms with Crippen molar-refractivity contribution in [2.75, 3.05) is 45.8 Å². The zero-order valence-electron chi connectivity index (χ0n) is 23.3. The van der Waals surface area contributed by atoms with Crippen molar-refractivity contribution < 1.29 is 9.53 Å². The molecule has 1 amide bonds. The van der Waals surface area contributed by atoms with Crippen LogP contribution in [0.2, 0.25) is 0 Å². The summed E-state index contributed by atoms with van der Waals surface area (Å²) in [7, 11) is 0. The Hall–Kier alpha value is -2.89. The van der Waals surface area contributed by atoms with Crippen LogP contribution >= 0.6 is 0 Å². The van der Waals surface area contributed by atoms with Gasteiger partial charge in [-0.25, -0.2) is 0 Å². The fourth-order valence-electron chi connectivity index (χ4n) is 5.62. The third-order valence-corrected chi connectivity index (χ3v) is 7.71. The fraction of sp³-hybridized carbons (Fsp3) is 0.485. The van der Waals surface area contributed by atoms with Gasteiger partial charge in [-0.2, -0.15) is 0 Å². The summed E-state index contributed by atoms with van der Waals surface area (Å²) < 4.78 is 6.31. The number of amides is 1. The molecule has 1 atom stereocenters. The number of hydrogen-bond acceptors (Lipinski definition) is 4. The van der Waals surface area contributed by atoms with Crippen LogP contribution in [-0.2, 0) is 0 Å². The predicted molar refractivity (Wildman–Crippen MR) is 157 cm³/mol. The lowest BCUT2D eigenvalue weighted by molar-refractivity contribution is 0.0948. The van der Waals surface area contributed by atoms with Crippen LogP contribution in [0.5, 0.6) is 5.75 Å². The topological polar surface area (TPSA) is 44.8 Å². The lowest BCUT2D eigenvalue weighted by Gasteiger charge is -2.35. The Morgan fingerprint density at radius 2 is 1.71 bits per heavy atom. The van der Waals surface area contributed by atoms with Gasteiger partial charge < -0.3 is 19.9 Å². The number of carbonyl (C=O) groups excluding carboxylic acids is 1. The van der Waals surface area contributed by atoms with E-state index < -0.39 is 0 Å². The molecule has 38 heavy (non-hydrogen) atoms. The highest BCUT2D eigenvalue weighted by atomic mass is 16.5. The summed E-state index contributed by atoms with van der Waals surface area (Å²) >= 11 is 0. The number of piperidine rings is 1. The summed E-state index contributed by atoms with van der Waals surface area (Å²) in [5.74, 6) is 1.21. The average Bonchev–Trinajstić information content (AvgIpc) is 3.47. The van der Waals surface area contributed by atoms with Crippen LogP contribution in [0.3, 0.4) is 0 Å². The van der Waals surface area contributed by atoms with Crippen LogP contribution in [0, 0.1) is 0 Å². The molecule has 0 spiro atoms. The van der Waals surface area contributed by atoms with Crippen molar-refractivity contribution in [3.8, 4) is 5.75 Å². The first kappa shape index (κ1) is 28.1. The quantitative estimate of drug-likeness (QED) is 0.350. The molecule has 5 heteroatoms. The van der Waals surface area contributed by atoms with Gasteiger partial charge in [-0.1, -0.05) is 55.5 Å². The van der Waals surface area contributed by atoms with Crippen molar-refractivity contribution in [3.05, 3.63) is 89.5 Å². The third-order valence-electron chi connectivity index (χ3n) is 7.71. The molecule has 0 aliphatic carbocycles. The van der Waals surface area contributed by atoms with Crippen molar-refractivity contribution in [2.45, 2.75) is 58.0 Å². The highest BCUT2D eigenvalue weighted by molar-refractivity contribution is 5.94. The molecule has 2 saturated heterocycles. The van der Waals surface area contributed by atoms with Crippen LogP contribution < -0.4 is 10.1 Å². The SMILES string of the molecule is C/C=C\C(=C/CC)C(CN1CCC(Oc2ccc(C(=O)NCCN3CCCC3)cc2)CC1)c1ccccc1. The standard InChI is InChI=1S/C33H45N3O2/c1-3-10-27(11-4-2)32(28-12-6-5-7-13-28)26-36-23-18-31(19-24-36)38-30-16-14-29(15-17-30)33(37)34-20-25-35-21-8-9-22-35/h3,5-7,10-17,31-32H,4,8-9,18-26H2,1-2H3,(H,34,37)/b10-3-,27-11+. The van der Waals surface area contributed by atoms with Gasteiger partial charge in [0.15, 0.2) is 0 Å². The van der Waals surface area contributed by atoms with Gasteiger partial charge in [0, 0.05) is 44.2 Å². The highest BCUT2D eigenvalue weighted by Crippen LogP contribution is 2.29.